The van der Waals surface area contributed by atoms with Crippen LogP contribution in [0, 0.1) is 19.8 Å². The fourth-order valence-electron chi connectivity index (χ4n) is 5.40. The molecule has 0 aromatic heterocycles. The molecule has 0 spiro atoms. The highest BCUT2D eigenvalue weighted by atomic mass is 16.6. The van der Waals surface area contributed by atoms with E-state index in [-0.39, 0.29) is 23.8 Å². The van der Waals surface area contributed by atoms with Crippen molar-refractivity contribution in [3.05, 3.63) is 34.9 Å². The molecule has 1 aliphatic rings. The molecule has 0 radical (unpaired) electrons. The maximum absolute atomic E-state index is 14.5. The molecule has 3 atom stereocenters. The highest BCUT2D eigenvalue weighted by Crippen LogP contribution is 2.29. The molecule has 3 unspecified atom stereocenters. The molecule has 3 amide bonds. The molecule has 7 heteroatoms. The van der Waals surface area contributed by atoms with E-state index in [1.54, 1.807) is 25.7 Å². The fourth-order valence-corrected chi connectivity index (χ4v) is 5.40. The van der Waals surface area contributed by atoms with E-state index in [0.29, 0.717) is 13.0 Å². The predicted molar refractivity (Wildman–Crippen MR) is 162 cm³/mol. The SMILES string of the molecule is CCCCCCN(C(=O)C(NC(=O)OC(C)(C)C)C(C)CC)C(C(=O)NC1CCCCC1)c1cc(C)ccc1C. The molecule has 40 heavy (non-hydrogen) atoms. The Morgan fingerprint density at radius 1 is 1.02 bits per heavy atom. The van der Waals surface area contributed by atoms with Crippen LogP contribution in [-0.2, 0) is 14.3 Å². The third-order valence-corrected chi connectivity index (χ3v) is 7.93. The molecule has 2 rings (SSSR count). The molecule has 1 saturated carbocycles. The smallest absolute Gasteiger partial charge is 0.408 e. The van der Waals surface area contributed by atoms with E-state index in [9.17, 15) is 14.4 Å². The summed E-state index contributed by atoms with van der Waals surface area (Å²) in [4.78, 5) is 43.3. The number of aryl methyl sites for hydroxylation is 2. The second kappa shape index (κ2) is 16.0. The van der Waals surface area contributed by atoms with Gasteiger partial charge >= 0.3 is 6.09 Å². The quantitative estimate of drug-likeness (QED) is 0.252. The Bertz CT molecular complexity index is 965. The lowest BCUT2D eigenvalue weighted by Gasteiger charge is -2.37. The lowest BCUT2D eigenvalue weighted by atomic mass is 9.92. The number of amides is 3. The van der Waals surface area contributed by atoms with Crippen LogP contribution in [0.3, 0.4) is 0 Å². The molecule has 0 bridgehead atoms. The zero-order valence-corrected chi connectivity index (χ0v) is 26.4. The summed E-state index contributed by atoms with van der Waals surface area (Å²) < 4.78 is 5.53. The first-order chi connectivity index (χ1) is 18.9. The van der Waals surface area contributed by atoms with Crippen LogP contribution >= 0.6 is 0 Å². The molecule has 1 aromatic carbocycles. The van der Waals surface area contributed by atoms with Gasteiger partial charge in [-0.25, -0.2) is 4.79 Å². The third kappa shape index (κ3) is 10.4. The average Bonchev–Trinajstić information content (AvgIpc) is 2.89. The second-order valence-corrected chi connectivity index (χ2v) is 12.7. The van der Waals surface area contributed by atoms with E-state index in [4.69, 9.17) is 4.74 Å². The number of hydrogen-bond donors (Lipinski definition) is 2. The fraction of sp³-hybridized carbons (Fsp3) is 0.727. The Hall–Kier alpha value is -2.57. The van der Waals surface area contributed by atoms with E-state index in [1.165, 1.54) is 6.42 Å². The van der Waals surface area contributed by atoms with Crippen LogP contribution in [0.5, 0.6) is 0 Å². The molecule has 2 N–H and O–H groups in total. The normalized spacial score (nSPS) is 16.5. The highest BCUT2D eigenvalue weighted by Gasteiger charge is 2.39. The molecular formula is C33H55N3O4. The van der Waals surface area contributed by atoms with Crippen molar-refractivity contribution < 1.29 is 19.1 Å². The zero-order valence-electron chi connectivity index (χ0n) is 26.4. The average molecular weight is 558 g/mol. The summed E-state index contributed by atoms with van der Waals surface area (Å²) in [5.74, 6) is -0.509. The largest absolute Gasteiger partial charge is 0.444 e. The number of ether oxygens (including phenoxy) is 1. The third-order valence-electron chi connectivity index (χ3n) is 7.93. The summed E-state index contributed by atoms with van der Waals surface area (Å²) in [6.07, 6.45) is 9.31. The summed E-state index contributed by atoms with van der Waals surface area (Å²) in [5.41, 5.74) is 2.17. The number of carbonyl (C=O) groups is 3. The van der Waals surface area contributed by atoms with Crippen molar-refractivity contribution in [1.82, 2.24) is 15.5 Å². The minimum Gasteiger partial charge on any atom is -0.444 e. The maximum Gasteiger partial charge on any atom is 0.408 e. The van der Waals surface area contributed by atoms with Gasteiger partial charge < -0.3 is 20.3 Å². The van der Waals surface area contributed by atoms with E-state index < -0.39 is 23.8 Å². The molecule has 7 nitrogen and oxygen atoms in total. The second-order valence-electron chi connectivity index (χ2n) is 12.7. The number of benzene rings is 1. The van der Waals surface area contributed by atoms with Gasteiger partial charge in [0.05, 0.1) is 0 Å². The number of carbonyl (C=O) groups excluding carboxylic acids is 3. The van der Waals surface area contributed by atoms with Gasteiger partial charge in [0.2, 0.25) is 11.8 Å². The maximum atomic E-state index is 14.5. The minimum absolute atomic E-state index is 0.121. The lowest BCUT2D eigenvalue weighted by molar-refractivity contribution is -0.144. The van der Waals surface area contributed by atoms with Gasteiger partial charge in [-0.15, -0.1) is 0 Å². The topological polar surface area (TPSA) is 87.7 Å². The van der Waals surface area contributed by atoms with Crippen LogP contribution in [0.4, 0.5) is 4.79 Å². The number of rotatable bonds is 13. The predicted octanol–water partition coefficient (Wildman–Crippen LogP) is 7.14. The van der Waals surface area contributed by atoms with Gasteiger partial charge in [0.25, 0.3) is 0 Å². The van der Waals surface area contributed by atoms with Crippen LogP contribution in [0.25, 0.3) is 0 Å². The van der Waals surface area contributed by atoms with Gasteiger partial charge in [0.1, 0.15) is 17.7 Å². The summed E-state index contributed by atoms with van der Waals surface area (Å²) in [6, 6.07) is 4.64. The van der Waals surface area contributed by atoms with Crippen LogP contribution in [0.15, 0.2) is 18.2 Å². The summed E-state index contributed by atoms with van der Waals surface area (Å²) in [6.45, 7) is 16.0. The van der Waals surface area contributed by atoms with E-state index in [2.05, 4.69) is 17.6 Å². The number of nitrogens with one attached hydrogen (secondary N) is 2. The Morgan fingerprint density at radius 2 is 1.70 bits per heavy atom. The summed E-state index contributed by atoms with van der Waals surface area (Å²) in [5, 5.41) is 6.18. The van der Waals surface area contributed by atoms with Gasteiger partial charge in [-0.1, -0.05) is 89.5 Å². The molecule has 0 saturated heterocycles. The molecule has 0 heterocycles. The van der Waals surface area contributed by atoms with Gasteiger partial charge in [-0.2, -0.15) is 0 Å². The van der Waals surface area contributed by atoms with Gasteiger partial charge in [0, 0.05) is 12.6 Å². The number of hydrogen-bond acceptors (Lipinski definition) is 4. The Kier molecular flexibility index (Phi) is 13.5. The van der Waals surface area contributed by atoms with Gasteiger partial charge in [0.15, 0.2) is 0 Å². The molecule has 226 valence electrons. The number of nitrogens with zero attached hydrogens (tertiary/aromatic N) is 1. The number of unbranched alkanes of at least 4 members (excludes halogenated alkanes) is 3. The van der Waals surface area contributed by atoms with Crippen LogP contribution in [-0.4, -0.2) is 47.0 Å². The summed E-state index contributed by atoms with van der Waals surface area (Å²) in [7, 11) is 0. The Balaban J connectivity index is 2.54. The van der Waals surface area contributed by atoms with Crippen molar-refractivity contribution in [2.75, 3.05) is 6.54 Å². The Morgan fingerprint density at radius 3 is 2.30 bits per heavy atom. The highest BCUT2D eigenvalue weighted by molar-refractivity contribution is 5.92. The van der Waals surface area contributed by atoms with Gasteiger partial charge in [-0.05, 0) is 70.9 Å². The lowest BCUT2D eigenvalue weighted by Crippen LogP contribution is -2.56. The van der Waals surface area contributed by atoms with Crippen molar-refractivity contribution in [2.45, 2.75) is 143 Å². The van der Waals surface area contributed by atoms with E-state index in [0.717, 1.165) is 68.1 Å². The first-order valence-electron chi connectivity index (χ1n) is 15.5. The molecule has 1 aliphatic carbocycles. The van der Waals surface area contributed by atoms with Gasteiger partial charge in [-0.3, -0.25) is 9.59 Å². The van der Waals surface area contributed by atoms with Crippen molar-refractivity contribution in [1.29, 1.82) is 0 Å². The van der Waals surface area contributed by atoms with Crippen molar-refractivity contribution >= 4 is 17.9 Å². The molecular weight excluding hydrogens is 502 g/mol. The van der Waals surface area contributed by atoms with Crippen LogP contribution in [0.2, 0.25) is 0 Å². The standard InChI is InChI=1S/C33H55N3O4/c1-9-11-12-16-21-36(31(38)28(24(4)10-2)35-32(39)40-33(6,7)8)29(27-22-23(3)19-20-25(27)5)30(37)34-26-17-14-13-15-18-26/h19-20,22,24,26,28-29H,9-18,21H2,1-8H3,(H,34,37)(H,35,39). The van der Waals surface area contributed by atoms with E-state index >= 15 is 0 Å². The van der Waals surface area contributed by atoms with Crippen molar-refractivity contribution in [2.24, 2.45) is 5.92 Å². The first kappa shape index (κ1) is 33.6. The first-order valence-corrected chi connectivity index (χ1v) is 15.5. The van der Waals surface area contributed by atoms with Crippen molar-refractivity contribution in [3.63, 3.8) is 0 Å². The molecule has 1 aromatic rings. The molecule has 0 aliphatic heterocycles. The van der Waals surface area contributed by atoms with Crippen LogP contribution < -0.4 is 10.6 Å². The zero-order chi connectivity index (χ0) is 29.9. The van der Waals surface area contributed by atoms with Crippen LogP contribution in [0.1, 0.15) is 128 Å². The molecule has 1 fully saturated rings. The minimum atomic E-state index is -0.805. The monoisotopic (exact) mass is 557 g/mol. The van der Waals surface area contributed by atoms with E-state index in [1.807, 2.05) is 45.9 Å². The Labute approximate surface area is 243 Å². The number of alkyl carbamates (subject to hydrolysis) is 1. The van der Waals surface area contributed by atoms with Crippen molar-refractivity contribution in [3.8, 4) is 0 Å². The summed E-state index contributed by atoms with van der Waals surface area (Å²) >= 11 is 0.